The minimum absolute atomic E-state index is 0.0154. The maximum Gasteiger partial charge on any atom is 0.237 e. The monoisotopic (exact) mass is 480 g/mol. The third kappa shape index (κ3) is 2.50. The number of amides is 1. The van der Waals surface area contributed by atoms with Gasteiger partial charge >= 0.3 is 0 Å². The fraction of sp³-hybridized carbons (Fsp3) is 0.692. The molecule has 8 heteroatoms. The van der Waals surface area contributed by atoms with Gasteiger partial charge in [0.05, 0.1) is 24.1 Å². The molecule has 1 N–H and O–H groups in total. The van der Waals surface area contributed by atoms with Crippen molar-refractivity contribution in [2.75, 3.05) is 29.7 Å². The van der Waals surface area contributed by atoms with Crippen LogP contribution in [-0.4, -0.2) is 56.2 Å². The molecule has 7 nitrogen and oxygen atoms in total. The van der Waals surface area contributed by atoms with Gasteiger partial charge in [0.1, 0.15) is 6.04 Å². The highest BCUT2D eigenvalue weighted by Crippen LogP contribution is 2.85. The van der Waals surface area contributed by atoms with E-state index in [1.54, 1.807) is 9.21 Å². The Labute approximate surface area is 201 Å². The zero-order chi connectivity index (χ0) is 23.3. The van der Waals surface area contributed by atoms with Crippen LogP contribution in [-0.2, 0) is 20.2 Å². The number of nitrogens with zero attached hydrogens (tertiary/aromatic N) is 3. The lowest BCUT2D eigenvalue weighted by atomic mass is 9.44. The number of rotatable bonds is 5. The summed E-state index contributed by atoms with van der Waals surface area (Å²) in [6.07, 6.45) is 8.33. The van der Waals surface area contributed by atoms with Gasteiger partial charge in [-0.1, -0.05) is 12.1 Å². The van der Waals surface area contributed by atoms with Gasteiger partial charge in [0.15, 0.2) is 0 Å². The van der Waals surface area contributed by atoms with Gasteiger partial charge in [-0.15, -0.1) is 0 Å². The zero-order valence-electron chi connectivity index (χ0n) is 19.5. The molecule has 180 valence electrons. The summed E-state index contributed by atoms with van der Waals surface area (Å²) in [5.74, 6) is 1.73. The largest absolute Gasteiger partial charge is 0.326 e. The van der Waals surface area contributed by atoms with E-state index >= 15 is 0 Å². The second-order valence-corrected chi connectivity index (χ2v) is 13.8. The summed E-state index contributed by atoms with van der Waals surface area (Å²) in [6.45, 7) is 1.60. The molecule has 2 aliphatic heterocycles. The summed E-state index contributed by atoms with van der Waals surface area (Å²) in [4.78, 5) is 14.7. The Kier molecular flexibility index (Phi) is 4.21. The van der Waals surface area contributed by atoms with Crippen LogP contribution in [0.3, 0.4) is 0 Å². The number of nitriles is 1. The molecule has 4 saturated carbocycles. The fourth-order valence-electron chi connectivity index (χ4n) is 9.33. The molecule has 6 fully saturated rings. The van der Waals surface area contributed by atoms with Crippen molar-refractivity contribution in [2.45, 2.75) is 68.4 Å². The molecule has 0 radical (unpaired) electrons. The first kappa shape index (κ1) is 21.2. The average molecular weight is 481 g/mol. The Hall–Kier alpha value is -2.11. The van der Waals surface area contributed by atoms with Crippen LogP contribution in [0.5, 0.6) is 0 Å². The van der Waals surface area contributed by atoms with Gasteiger partial charge in [-0.3, -0.25) is 9.10 Å². The first-order chi connectivity index (χ1) is 16.3. The molecule has 1 aromatic carbocycles. The quantitative estimate of drug-likeness (QED) is 0.699. The minimum Gasteiger partial charge on any atom is -0.326 e. The Bertz CT molecular complexity index is 1210. The van der Waals surface area contributed by atoms with Gasteiger partial charge in [-0.05, 0) is 86.3 Å². The molecular weight excluding hydrogens is 448 g/mol. The summed E-state index contributed by atoms with van der Waals surface area (Å²) in [5, 5.41) is 13.1. The predicted octanol–water partition coefficient (Wildman–Crippen LogP) is 2.53. The van der Waals surface area contributed by atoms with Gasteiger partial charge < -0.3 is 10.2 Å². The van der Waals surface area contributed by atoms with Crippen LogP contribution in [0, 0.1) is 28.6 Å². The van der Waals surface area contributed by atoms with Crippen LogP contribution >= 0.6 is 0 Å². The zero-order valence-corrected chi connectivity index (χ0v) is 20.3. The van der Waals surface area contributed by atoms with E-state index < -0.39 is 10.0 Å². The molecule has 5 unspecified atom stereocenters. The third-order valence-corrected chi connectivity index (χ3v) is 12.5. The summed E-state index contributed by atoms with van der Waals surface area (Å²) < 4.78 is 26.3. The molecule has 6 aliphatic rings. The molecule has 7 rings (SSSR count). The number of nitrogens with one attached hydrogen (secondary N) is 1. The van der Waals surface area contributed by atoms with Crippen molar-refractivity contribution >= 4 is 21.6 Å². The van der Waals surface area contributed by atoms with Gasteiger partial charge in [0.2, 0.25) is 15.9 Å². The summed E-state index contributed by atoms with van der Waals surface area (Å²) >= 11 is 0. The normalized spacial score (nSPS) is 42.7. The van der Waals surface area contributed by atoms with E-state index in [2.05, 4.69) is 23.5 Å². The Morgan fingerprint density at radius 2 is 1.94 bits per heavy atom. The number of carbonyl (C=O) groups is 1. The van der Waals surface area contributed by atoms with Gasteiger partial charge in [-0.25, -0.2) is 8.42 Å². The minimum atomic E-state index is -3.17. The standard InChI is InChI=1S/C26H32N4O3S/c27-14-22-3-1-8-29(22)23(31)15-28-26-16-24(12-19-11-20(26)13-25(19,24)17-26)18-4-6-21(7-5-18)30-9-2-10-34(30,32)33/h4-7,19-20,22,28H,1-3,8-13,15-17H2/t19?,20?,22-,24?,25?,26?/m0/s1. The Balaban J connectivity index is 1.13. The van der Waals surface area contributed by atoms with Crippen molar-refractivity contribution in [3.05, 3.63) is 29.8 Å². The molecule has 4 aliphatic carbocycles. The highest BCUT2D eigenvalue weighted by Gasteiger charge is 2.82. The van der Waals surface area contributed by atoms with E-state index in [-0.39, 0.29) is 28.7 Å². The average Bonchev–Trinajstić information content (AvgIpc) is 3.59. The predicted molar refractivity (Wildman–Crippen MR) is 127 cm³/mol. The fourth-order valence-corrected chi connectivity index (χ4v) is 10.9. The topological polar surface area (TPSA) is 93.5 Å². The maximum absolute atomic E-state index is 13.0. The number of hydrogen-bond acceptors (Lipinski definition) is 5. The molecular formula is C26H32N4O3S. The summed E-state index contributed by atoms with van der Waals surface area (Å²) in [7, 11) is -3.17. The molecule has 34 heavy (non-hydrogen) atoms. The van der Waals surface area contributed by atoms with E-state index in [1.807, 2.05) is 12.1 Å². The lowest BCUT2D eigenvalue weighted by Gasteiger charge is -2.59. The van der Waals surface area contributed by atoms with Crippen LogP contribution in [0.25, 0.3) is 0 Å². The Morgan fingerprint density at radius 1 is 1.12 bits per heavy atom. The number of likely N-dealkylation sites (tertiary alicyclic amines) is 1. The second kappa shape index (κ2) is 6.76. The van der Waals surface area contributed by atoms with E-state index in [4.69, 9.17) is 0 Å². The molecule has 2 heterocycles. The van der Waals surface area contributed by atoms with Gasteiger partial charge in [0, 0.05) is 24.0 Å². The van der Waals surface area contributed by atoms with Crippen molar-refractivity contribution in [3.8, 4) is 6.07 Å². The van der Waals surface area contributed by atoms with Crippen molar-refractivity contribution < 1.29 is 13.2 Å². The molecule has 3 bridgehead atoms. The Morgan fingerprint density at radius 3 is 2.68 bits per heavy atom. The molecule has 1 amide bonds. The number of fused-ring (bicyclic) bond motifs is 3. The molecule has 1 aromatic rings. The van der Waals surface area contributed by atoms with Gasteiger partial charge in [-0.2, -0.15) is 5.26 Å². The first-order valence-corrected chi connectivity index (χ1v) is 14.5. The molecule has 0 aromatic heterocycles. The van der Waals surface area contributed by atoms with E-state index in [0.29, 0.717) is 37.4 Å². The van der Waals surface area contributed by atoms with Crippen molar-refractivity contribution in [3.63, 3.8) is 0 Å². The van der Waals surface area contributed by atoms with E-state index in [0.717, 1.165) is 37.3 Å². The highest BCUT2D eigenvalue weighted by molar-refractivity contribution is 7.93. The molecule has 6 atom stereocenters. The van der Waals surface area contributed by atoms with E-state index in [9.17, 15) is 18.5 Å². The third-order valence-electron chi connectivity index (χ3n) is 10.7. The molecule has 2 saturated heterocycles. The van der Waals surface area contributed by atoms with Crippen molar-refractivity contribution in [2.24, 2.45) is 17.3 Å². The summed E-state index contributed by atoms with van der Waals surface area (Å²) in [5.41, 5.74) is 2.63. The highest BCUT2D eigenvalue weighted by atomic mass is 32.2. The lowest BCUT2D eigenvalue weighted by molar-refractivity contribution is -0.130. The lowest BCUT2D eigenvalue weighted by Crippen LogP contribution is -2.56. The van der Waals surface area contributed by atoms with Gasteiger partial charge in [0.25, 0.3) is 0 Å². The van der Waals surface area contributed by atoms with Crippen LogP contribution in [0.1, 0.15) is 56.9 Å². The van der Waals surface area contributed by atoms with Crippen LogP contribution in [0.4, 0.5) is 5.69 Å². The second-order valence-electron chi connectivity index (χ2n) is 11.8. The SMILES string of the molecule is N#C[C@@H]1CCCN1C(=O)CNC12CC3(c4ccc(N5CCCS5(=O)=O)cc4)CC4CC1CC43C2. The smallest absolute Gasteiger partial charge is 0.237 e. The van der Waals surface area contributed by atoms with Crippen molar-refractivity contribution in [1.29, 1.82) is 5.26 Å². The van der Waals surface area contributed by atoms with Crippen LogP contribution in [0.15, 0.2) is 24.3 Å². The maximum atomic E-state index is 13.0. The first-order valence-electron chi connectivity index (χ1n) is 12.9. The number of hydrogen-bond donors (Lipinski definition) is 1. The van der Waals surface area contributed by atoms with Crippen LogP contribution < -0.4 is 9.62 Å². The van der Waals surface area contributed by atoms with Crippen LogP contribution in [0.2, 0.25) is 0 Å². The molecule has 1 spiro atoms. The van der Waals surface area contributed by atoms with E-state index in [1.165, 1.54) is 24.8 Å². The number of carbonyl (C=O) groups excluding carboxylic acids is 1. The number of anilines is 1. The van der Waals surface area contributed by atoms with Crippen molar-refractivity contribution in [1.82, 2.24) is 10.2 Å². The number of benzene rings is 1. The summed E-state index contributed by atoms with van der Waals surface area (Å²) in [6, 6.07) is 10.4. The number of sulfonamides is 1.